The van der Waals surface area contributed by atoms with Crippen LogP contribution in [0, 0.1) is 0 Å². The van der Waals surface area contributed by atoms with Crippen LogP contribution in [-0.4, -0.2) is 30.3 Å². The molecule has 1 aromatic carbocycles. The molecule has 1 rings (SSSR count). The van der Waals surface area contributed by atoms with Crippen molar-refractivity contribution >= 4 is 5.97 Å². The molecule has 1 unspecified atom stereocenters. The second kappa shape index (κ2) is 6.86. The van der Waals surface area contributed by atoms with Crippen molar-refractivity contribution in [2.75, 3.05) is 13.7 Å². The summed E-state index contributed by atoms with van der Waals surface area (Å²) in [5.41, 5.74) is -0.590. The summed E-state index contributed by atoms with van der Waals surface area (Å²) in [7, 11) is 1.67. The monoisotopic (exact) mass is 279 g/mol. The molecule has 0 radical (unpaired) electrons. The van der Waals surface area contributed by atoms with Crippen molar-refractivity contribution < 1.29 is 14.6 Å². The number of likely N-dealkylation sites (N-methyl/N-ethyl adjacent to an activating group) is 1. The lowest BCUT2D eigenvalue weighted by Crippen LogP contribution is -2.48. The van der Waals surface area contributed by atoms with Crippen LogP contribution in [0.5, 0.6) is 0 Å². The molecule has 1 aromatic rings. The zero-order valence-corrected chi connectivity index (χ0v) is 12.8. The summed E-state index contributed by atoms with van der Waals surface area (Å²) in [4.78, 5) is 11.8. The molecule has 0 bridgehead atoms. The van der Waals surface area contributed by atoms with Gasteiger partial charge in [-0.1, -0.05) is 37.3 Å². The van der Waals surface area contributed by atoms with Crippen molar-refractivity contribution in [3.05, 3.63) is 35.9 Å². The van der Waals surface area contributed by atoms with E-state index in [1.54, 1.807) is 7.05 Å². The molecule has 20 heavy (non-hydrogen) atoms. The quantitative estimate of drug-likeness (QED) is 0.768. The van der Waals surface area contributed by atoms with Crippen LogP contribution in [0.1, 0.15) is 39.2 Å². The summed E-state index contributed by atoms with van der Waals surface area (Å²) >= 11 is 0. The van der Waals surface area contributed by atoms with E-state index in [0.717, 1.165) is 12.0 Å². The molecule has 2 N–H and O–H groups in total. The fourth-order valence-corrected chi connectivity index (χ4v) is 2.06. The number of hydrogen-bond donors (Lipinski definition) is 2. The lowest BCUT2D eigenvalue weighted by Gasteiger charge is -2.31. The molecule has 0 heterocycles. The Balaban J connectivity index is 2.89. The molecular weight excluding hydrogens is 254 g/mol. The van der Waals surface area contributed by atoms with Gasteiger partial charge in [-0.3, -0.25) is 0 Å². The first-order valence-corrected chi connectivity index (χ1v) is 7.00. The molecule has 4 heteroatoms. The number of ether oxygens (including phenoxy) is 1. The molecule has 0 spiro atoms. The average Bonchev–Trinajstić information content (AvgIpc) is 2.44. The zero-order chi connectivity index (χ0) is 15.2. The Morgan fingerprint density at radius 3 is 2.35 bits per heavy atom. The summed E-state index contributed by atoms with van der Waals surface area (Å²) in [6, 6.07) is 9.23. The van der Waals surface area contributed by atoms with Crippen molar-refractivity contribution in [2.45, 2.75) is 44.8 Å². The van der Waals surface area contributed by atoms with E-state index in [0.29, 0.717) is 13.0 Å². The van der Waals surface area contributed by atoms with Crippen LogP contribution < -0.4 is 5.32 Å². The van der Waals surface area contributed by atoms with Crippen molar-refractivity contribution in [1.82, 2.24) is 5.32 Å². The van der Waals surface area contributed by atoms with Crippen molar-refractivity contribution in [2.24, 2.45) is 0 Å². The van der Waals surface area contributed by atoms with E-state index in [1.165, 1.54) is 0 Å². The van der Waals surface area contributed by atoms with Gasteiger partial charge in [0, 0.05) is 13.0 Å². The van der Waals surface area contributed by atoms with Crippen LogP contribution in [0.2, 0.25) is 0 Å². The zero-order valence-electron chi connectivity index (χ0n) is 12.8. The fraction of sp³-hybridized carbons (Fsp3) is 0.562. The minimum Gasteiger partial charge on any atom is -0.480 e. The predicted octanol–water partition coefficient (Wildman–Crippen LogP) is 2.78. The first kappa shape index (κ1) is 16.7. The summed E-state index contributed by atoms with van der Waals surface area (Å²) in [5, 5.41) is 12.6. The maximum absolute atomic E-state index is 11.8. The Hall–Kier alpha value is -1.39. The Labute approximate surface area is 121 Å². The highest BCUT2D eigenvalue weighted by Crippen LogP contribution is 2.26. The second-order valence-corrected chi connectivity index (χ2v) is 5.54. The molecule has 0 aliphatic carbocycles. The molecule has 0 fully saturated rings. The van der Waals surface area contributed by atoms with Gasteiger partial charge in [0.2, 0.25) is 0 Å². The molecule has 0 saturated heterocycles. The van der Waals surface area contributed by atoms with E-state index in [1.807, 2.05) is 44.2 Å². The van der Waals surface area contributed by atoms with Gasteiger partial charge < -0.3 is 15.2 Å². The molecule has 0 aliphatic heterocycles. The van der Waals surface area contributed by atoms with Gasteiger partial charge >= 0.3 is 5.97 Å². The van der Waals surface area contributed by atoms with Crippen LogP contribution in [0.15, 0.2) is 30.3 Å². The smallest absolute Gasteiger partial charge is 0.328 e. The number of carbonyl (C=O) groups is 1. The second-order valence-electron chi connectivity index (χ2n) is 5.54. The van der Waals surface area contributed by atoms with E-state index in [9.17, 15) is 9.90 Å². The van der Waals surface area contributed by atoms with Crippen LogP contribution in [0.4, 0.5) is 0 Å². The molecule has 0 saturated carbocycles. The molecule has 1 atom stereocenters. The van der Waals surface area contributed by atoms with Gasteiger partial charge in [-0.25, -0.2) is 4.79 Å². The van der Waals surface area contributed by atoms with Crippen LogP contribution in [0.25, 0.3) is 0 Å². The van der Waals surface area contributed by atoms with Gasteiger partial charge in [-0.05, 0) is 32.9 Å². The number of carboxylic acid groups (broad SMARTS) is 1. The van der Waals surface area contributed by atoms with Gasteiger partial charge in [0.05, 0.1) is 5.60 Å². The lowest BCUT2D eigenvalue weighted by molar-refractivity contribution is -0.147. The number of benzene rings is 1. The fourth-order valence-electron chi connectivity index (χ4n) is 2.06. The largest absolute Gasteiger partial charge is 0.480 e. The highest BCUT2D eigenvalue weighted by atomic mass is 16.5. The van der Waals surface area contributed by atoms with Crippen molar-refractivity contribution in [3.8, 4) is 0 Å². The molecule has 0 aromatic heterocycles. The number of aliphatic carboxylic acids is 1. The molecule has 0 aliphatic rings. The van der Waals surface area contributed by atoms with Gasteiger partial charge in [0.1, 0.15) is 5.54 Å². The normalized spacial score (nSPS) is 14.8. The van der Waals surface area contributed by atoms with Gasteiger partial charge in [-0.15, -0.1) is 0 Å². The number of carboxylic acids is 1. The van der Waals surface area contributed by atoms with Crippen molar-refractivity contribution in [1.29, 1.82) is 0 Å². The van der Waals surface area contributed by atoms with Crippen LogP contribution in [-0.2, 0) is 15.1 Å². The Morgan fingerprint density at radius 1 is 1.30 bits per heavy atom. The van der Waals surface area contributed by atoms with Crippen LogP contribution in [0.3, 0.4) is 0 Å². The lowest BCUT2D eigenvalue weighted by atomic mass is 9.87. The van der Waals surface area contributed by atoms with Crippen LogP contribution >= 0.6 is 0 Å². The van der Waals surface area contributed by atoms with Gasteiger partial charge in [0.25, 0.3) is 0 Å². The third-order valence-electron chi connectivity index (χ3n) is 3.88. The maximum atomic E-state index is 11.8. The highest BCUT2D eigenvalue weighted by molar-refractivity contribution is 5.80. The van der Waals surface area contributed by atoms with E-state index < -0.39 is 11.5 Å². The molecule has 4 nitrogen and oxygen atoms in total. The summed E-state index contributed by atoms with van der Waals surface area (Å²) in [6.45, 7) is 6.47. The minimum absolute atomic E-state index is 0.228. The number of hydrogen-bond acceptors (Lipinski definition) is 3. The van der Waals surface area contributed by atoms with E-state index in [-0.39, 0.29) is 5.60 Å². The Bertz CT molecular complexity index is 431. The highest BCUT2D eigenvalue weighted by Gasteiger charge is 2.38. The van der Waals surface area contributed by atoms with E-state index in [4.69, 9.17) is 4.74 Å². The van der Waals surface area contributed by atoms with Gasteiger partial charge in [-0.2, -0.15) is 0 Å². The summed E-state index contributed by atoms with van der Waals surface area (Å²) in [6.07, 6.45) is 1.27. The molecule has 112 valence electrons. The SMILES string of the molecule is CCC(C)(C)OCCC(NC)(C(=O)O)c1ccccc1. The van der Waals surface area contributed by atoms with E-state index in [2.05, 4.69) is 12.2 Å². The van der Waals surface area contributed by atoms with E-state index >= 15 is 0 Å². The number of nitrogens with one attached hydrogen (secondary N) is 1. The third-order valence-corrected chi connectivity index (χ3v) is 3.88. The standard InChI is InChI=1S/C16H25NO3/c1-5-15(2,3)20-12-11-16(17-4,14(18)19)13-9-7-6-8-10-13/h6-10,17H,5,11-12H2,1-4H3,(H,18,19). The minimum atomic E-state index is -1.11. The Kier molecular flexibility index (Phi) is 5.72. The summed E-state index contributed by atoms with van der Waals surface area (Å²) in [5.74, 6) is -0.885. The molecular formula is C16H25NO3. The topological polar surface area (TPSA) is 58.6 Å². The van der Waals surface area contributed by atoms with Crippen molar-refractivity contribution in [3.63, 3.8) is 0 Å². The molecule has 0 amide bonds. The number of rotatable bonds is 8. The average molecular weight is 279 g/mol. The third kappa shape index (κ3) is 3.81. The summed E-state index contributed by atoms with van der Waals surface area (Å²) < 4.78 is 5.80. The first-order valence-electron chi connectivity index (χ1n) is 7.00. The maximum Gasteiger partial charge on any atom is 0.328 e. The predicted molar refractivity (Wildman–Crippen MR) is 79.8 cm³/mol. The Morgan fingerprint density at radius 2 is 1.90 bits per heavy atom. The first-order chi connectivity index (χ1) is 9.38. The van der Waals surface area contributed by atoms with Gasteiger partial charge in [0.15, 0.2) is 0 Å².